The van der Waals surface area contributed by atoms with Gasteiger partial charge < -0.3 is 4.90 Å². The summed E-state index contributed by atoms with van der Waals surface area (Å²) in [5.74, 6) is 0.644. The van der Waals surface area contributed by atoms with Crippen LogP contribution in [0.3, 0.4) is 0 Å². The molecule has 1 saturated heterocycles. The van der Waals surface area contributed by atoms with Gasteiger partial charge in [-0.2, -0.15) is 17.4 Å². The van der Waals surface area contributed by atoms with Gasteiger partial charge >= 0.3 is 0 Å². The van der Waals surface area contributed by atoms with E-state index in [-0.39, 0.29) is 12.0 Å². The molecule has 0 unspecified atom stereocenters. The SMILES string of the molecule is CC(C)[C@@H]1CN(c2nc3ccccc3s2)C[C@H]1NS(=O)(=O)N(C)C. The lowest BCUT2D eigenvalue weighted by Crippen LogP contribution is -2.46. The molecule has 1 N–H and O–H groups in total. The van der Waals surface area contributed by atoms with Crippen molar-refractivity contribution in [1.82, 2.24) is 14.0 Å². The van der Waals surface area contributed by atoms with Crippen molar-refractivity contribution in [2.24, 2.45) is 11.8 Å². The van der Waals surface area contributed by atoms with Gasteiger partial charge in [-0.1, -0.05) is 37.3 Å². The van der Waals surface area contributed by atoms with E-state index in [1.165, 1.54) is 4.31 Å². The maximum atomic E-state index is 12.2. The molecule has 0 aliphatic carbocycles. The summed E-state index contributed by atoms with van der Waals surface area (Å²) in [7, 11) is -0.341. The fourth-order valence-electron chi connectivity index (χ4n) is 3.08. The number of benzene rings is 1. The molecule has 1 aromatic heterocycles. The molecule has 2 heterocycles. The summed E-state index contributed by atoms with van der Waals surface area (Å²) >= 11 is 1.66. The second kappa shape index (κ2) is 6.59. The van der Waals surface area contributed by atoms with Crippen LogP contribution in [-0.2, 0) is 10.2 Å². The second-order valence-corrected chi connectivity index (χ2v) is 9.71. The minimum atomic E-state index is -3.44. The third-order valence-electron chi connectivity index (χ3n) is 4.56. The molecule has 6 nitrogen and oxygen atoms in total. The molecule has 132 valence electrons. The number of fused-ring (bicyclic) bond motifs is 1. The zero-order chi connectivity index (χ0) is 17.5. The van der Waals surface area contributed by atoms with E-state index < -0.39 is 10.2 Å². The van der Waals surface area contributed by atoms with Gasteiger partial charge in [-0.3, -0.25) is 0 Å². The molecule has 1 aliphatic rings. The molecule has 1 aromatic carbocycles. The summed E-state index contributed by atoms with van der Waals surface area (Å²) in [6.07, 6.45) is 0. The predicted molar refractivity (Wildman–Crippen MR) is 99.7 cm³/mol. The van der Waals surface area contributed by atoms with Crippen molar-refractivity contribution >= 4 is 36.9 Å². The highest BCUT2D eigenvalue weighted by molar-refractivity contribution is 7.87. The third-order valence-corrected chi connectivity index (χ3v) is 7.21. The summed E-state index contributed by atoms with van der Waals surface area (Å²) in [6, 6.07) is 7.97. The zero-order valence-corrected chi connectivity index (χ0v) is 16.1. The van der Waals surface area contributed by atoms with Crippen molar-refractivity contribution in [3.05, 3.63) is 24.3 Å². The molecule has 8 heteroatoms. The Kier molecular flexibility index (Phi) is 4.83. The maximum Gasteiger partial charge on any atom is 0.279 e. The highest BCUT2D eigenvalue weighted by atomic mass is 32.2. The number of hydrogen-bond acceptors (Lipinski definition) is 5. The first-order valence-electron chi connectivity index (χ1n) is 8.08. The van der Waals surface area contributed by atoms with Gasteiger partial charge in [-0.05, 0) is 24.0 Å². The number of rotatable bonds is 5. The summed E-state index contributed by atoms with van der Waals surface area (Å²) in [6.45, 7) is 5.75. The van der Waals surface area contributed by atoms with Gasteiger partial charge in [0.2, 0.25) is 0 Å². The van der Waals surface area contributed by atoms with Gasteiger partial charge in [0.05, 0.1) is 10.2 Å². The summed E-state index contributed by atoms with van der Waals surface area (Å²) in [5, 5.41) is 0.966. The lowest BCUT2D eigenvalue weighted by atomic mass is 9.92. The maximum absolute atomic E-state index is 12.2. The molecular formula is C16H24N4O2S2. The Morgan fingerprint density at radius 3 is 2.62 bits per heavy atom. The predicted octanol–water partition coefficient (Wildman–Crippen LogP) is 2.15. The van der Waals surface area contributed by atoms with Crippen molar-refractivity contribution in [3.8, 4) is 0 Å². The third kappa shape index (κ3) is 3.42. The Morgan fingerprint density at radius 2 is 2.00 bits per heavy atom. The topological polar surface area (TPSA) is 65.5 Å². The molecule has 2 atom stereocenters. The van der Waals surface area contributed by atoms with Gasteiger partial charge in [-0.15, -0.1) is 0 Å². The summed E-state index contributed by atoms with van der Waals surface area (Å²) < 4.78 is 29.7. The number of anilines is 1. The largest absolute Gasteiger partial charge is 0.346 e. The minimum absolute atomic E-state index is 0.107. The van der Waals surface area contributed by atoms with Crippen LogP contribution in [-0.4, -0.2) is 50.9 Å². The summed E-state index contributed by atoms with van der Waals surface area (Å²) in [5.41, 5.74) is 0.996. The Labute approximate surface area is 147 Å². The van der Waals surface area contributed by atoms with E-state index in [9.17, 15) is 8.42 Å². The van der Waals surface area contributed by atoms with Crippen LogP contribution in [0, 0.1) is 11.8 Å². The molecule has 1 fully saturated rings. The fourth-order valence-corrected chi connectivity index (χ4v) is 4.90. The number of nitrogens with zero attached hydrogens (tertiary/aromatic N) is 3. The first-order valence-corrected chi connectivity index (χ1v) is 10.3. The van der Waals surface area contributed by atoms with E-state index in [2.05, 4.69) is 29.5 Å². The minimum Gasteiger partial charge on any atom is -0.346 e. The van der Waals surface area contributed by atoms with Crippen molar-refractivity contribution in [3.63, 3.8) is 0 Å². The first kappa shape index (κ1) is 17.6. The number of hydrogen-bond donors (Lipinski definition) is 1. The van der Waals surface area contributed by atoms with Gasteiger partial charge in [0.15, 0.2) is 5.13 Å². The Morgan fingerprint density at radius 1 is 1.29 bits per heavy atom. The van der Waals surface area contributed by atoms with Crippen LogP contribution in [0.1, 0.15) is 13.8 Å². The quantitative estimate of drug-likeness (QED) is 0.878. The van der Waals surface area contributed by atoms with Crippen molar-refractivity contribution in [1.29, 1.82) is 0 Å². The average Bonchev–Trinajstić information content (AvgIpc) is 3.09. The molecule has 24 heavy (non-hydrogen) atoms. The molecule has 3 rings (SSSR count). The molecule has 2 aromatic rings. The summed E-state index contributed by atoms with van der Waals surface area (Å²) in [4.78, 5) is 6.92. The van der Waals surface area contributed by atoms with Gasteiger partial charge in [0.1, 0.15) is 0 Å². The van der Waals surface area contributed by atoms with Crippen LogP contribution in [0.15, 0.2) is 24.3 Å². The van der Waals surface area contributed by atoms with Crippen LogP contribution in [0.25, 0.3) is 10.2 Å². The smallest absolute Gasteiger partial charge is 0.279 e. The lowest BCUT2D eigenvalue weighted by Gasteiger charge is -2.24. The zero-order valence-electron chi connectivity index (χ0n) is 14.4. The number of para-hydroxylation sites is 1. The fraction of sp³-hybridized carbons (Fsp3) is 0.562. The van der Waals surface area contributed by atoms with Crippen LogP contribution >= 0.6 is 11.3 Å². The van der Waals surface area contributed by atoms with E-state index in [1.54, 1.807) is 25.4 Å². The standard InChI is InChI=1S/C16H24N4O2S2/c1-11(2)12-9-20(10-14(12)18-24(21,22)19(3)4)16-17-13-7-5-6-8-15(13)23-16/h5-8,11-12,14,18H,9-10H2,1-4H3/t12-,14+/m0/s1. The molecule has 0 radical (unpaired) electrons. The lowest BCUT2D eigenvalue weighted by molar-refractivity contribution is 0.358. The highest BCUT2D eigenvalue weighted by Gasteiger charge is 2.38. The number of thiazole rings is 1. The first-order chi connectivity index (χ1) is 11.3. The highest BCUT2D eigenvalue weighted by Crippen LogP contribution is 2.34. The molecule has 0 saturated carbocycles. The number of aromatic nitrogens is 1. The Balaban J connectivity index is 1.84. The van der Waals surface area contributed by atoms with Crippen LogP contribution in [0.5, 0.6) is 0 Å². The second-order valence-electron chi connectivity index (χ2n) is 6.79. The van der Waals surface area contributed by atoms with Crippen LogP contribution in [0.2, 0.25) is 0 Å². The Bertz CT molecular complexity index is 783. The van der Waals surface area contributed by atoms with Gasteiger partial charge in [0.25, 0.3) is 10.2 Å². The van der Waals surface area contributed by atoms with E-state index in [0.717, 1.165) is 21.9 Å². The van der Waals surface area contributed by atoms with E-state index in [0.29, 0.717) is 12.5 Å². The van der Waals surface area contributed by atoms with Gasteiger partial charge in [-0.25, -0.2) is 4.98 Å². The molecule has 0 bridgehead atoms. The Hall–Kier alpha value is -1.22. The molecule has 0 spiro atoms. The normalized spacial score (nSPS) is 22.2. The average molecular weight is 369 g/mol. The van der Waals surface area contributed by atoms with Crippen LogP contribution in [0.4, 0.5) is 5.13 Å². The van der Waals surface area contributed by atoms with Crippen molar-refractivity contribution in [2.75, 3.05) is 32.1 Å². The van der Waals surface area contributed by atoms with E-state index in [1.807, 2.05) is 18.2 Å². The van der Waals surface area contributed by atoms with E-state index >= 15 is 0 Å². The molecular weight excluding hydrogens is 344 g/mol. The monoisotopic (exact) mass is 368 g/mol. The van der Waals surface area contributed by atoms with Crippen molar-refractivity contribution in [2.45, 2.75) is 19.9 Å². The van der Waals surface area contributed by atoms with Crippen molar-refractivity contribution < 1.29 is 8.42 Å². The molecule has 1 aliphatic heterocycles. The number of nitrogens with one attached hydrogen (secondary N) is 1. The van der Waals surface area contributed by atoms with E-state index in [4.69, 9.17) is 4.98 Å². The van der Waals surface area contributed by atoms with Gasteiger partial charge in [0, 0.05) is 33.2 Å². The molecule has 0 amide bonds. The van der Waals surface area contributed by atoms with Crippen LogP contribution < -0.4 is 9.62 Å².